The predicted molar refractivity (Wildman–Crippen MR) is 61.5 cm³/mol. The Kier molecular flexibility index (Phi) is 3.34. The molecular formula is C10H13N3OS. The van der Waals surface area contributed by atoms with Crippen molar-refractivity contribution in [1.29, 1.82) is 0 Å². The highest BCUT2D eigenvalue weighted by atomic mass is 32.2. The smallest absolute Gasteiger partial charge is 0.113 e. The van der Waals surface area contributed by atoms with Crippen LogP contribution in [0.25, 0.3) is 0 Å². The lowest BCUT2D eigenvalue weighted by Gasteiger charge is -2.00. The summed E-state index contributed by atoms with van der Waals surface area (Å²) in [5, 5.41) is 4.11. The Balaban J connectivity index is 1.67. The molecule has 0 fully saturated rings. The van der Waals surface area contributed by atoms with Crippen molar-refractivity contribution in [2.24, 2.45) is 0 Å². The second-order valence-electron chi connectivity index (χ2n) is 3.17. The Morgan fingerprint density at radius 3 is 3.13 bits per heavy atom. The van der Waals surface area contributed by atoms with Gasteiger partial charge in [-0.1, -0.05) is 0 Å². The molecule has 0 unspecified atom stereocenters. The second-order valence-corrected chi connectivity index (χ2v) is 4.27. The molecule has 5 heteroatoms. The van der Waals surface area contributed by atoms with E-state index >= 15 is 0 Å². The number of rotatable bonds is 5. The SMILES string of the molecule is Nc1cnn(CCSCc2ccco2)c1. The number of furan rings is 1. The van der Waals surface area contributed by atoms with E-state index in [1.807, 2.05) is 34.8 Å². The fourth-order valence-electron chi connectivity index (χ4n) is 1.23. The first-order valence-corrected chi connectivity index (χ1v) is 5.88. The number of hydrogen-bond acceptors (Lipinski definition) is 4. The molecule has 2 heterocycles. The molecule has 0 aliphatic carbocycles. The van der Waals surface area contributed by atoms with Crippen molar-refractivity contribution in [3.05, 3.63) is 36.5 Å². The van der Waals surface area contributed by atoms with Crippen molar-refractivity contribution in [1.82, 2.24) is 9.78 Å². The van der Waals surface area contributed by atoms with E-state index in [2.05, 4.69) is 5.10 Å². The average Bonchev–Trinajstić information content (AvgIpc) is 2.84. The summed E-state index contributed by atoms with van der Waals surface area (Å²) in [5.74, 6) is 2.92. The summed E-state index contributed by atoms with van der Waals surface area (Å²) >= 11 is 1.82. The molecule has 0 aromatic carbocycles. The van der Waals surface area contributed by atoms with Crippen molar-refractivity contribution in [3.8, 4) is 0 Å². The lowest BCUT2D eigenvalue weighted by Crippen LogP contribution is -2.00. The molecule has 0 saturated carbocycles. The third-order valence-electron chi connectivity index (χ3n) is 1.94. The Labute approximate surface area is 92.4 Å². The molecule has 0 spiro atoms. The maximum atomic E-state index is 5.55. The van der Waals surface area contributed by atoms with Crippen molar-refractivity contribution in [2.75, 3.05) is 11.5 Å². The largest absolute Gasteiger partial charge is 0.468 e. The monoisotopic (exact) mass is 223 g/mol. The summed E-state index contributed by atoms with van der Waals surface area (Å²) < 4.78 is 7.08. The van der Waals surface area contributed by atoms with Gasteiger partial charge in [-0.2, -0.15) is 16.9 Å². The minimum atomic E-state index is 0.714. The quantitative estimate of drug-likeness (QED) is 0.788. The highest BCUT2D eigenvalue weighted by Crippen LogP contribution is 2.12. The second kappa shape index (κ2) is 4.93. The molecule has 0 atom stereocenters. The molecule has 2 aromatic heterocycles. The third-order valence-corrected chi connectivity index (χ3v) is 2.90. The summed E-state index contributed by atoms with van der Waals surface area (Å²) in [6, 6.07) is 3.89. The van der Waals surface area contributed by atoms with E-state index in [9.17, 15) is 0 Å². The van der Waals surface area contributed by atoms with Gasteiger partial charge in [0.25, 0.3) is 0 Å². The number of nitrogens with zero attached hydrogens (tertiary/aromatic N) is 2. The Morgan fingerprint density at radius 2 is 2.47 bits per heavy atom. The van der Waals surface area contributed by atoms with Crippen LogP contribution >= 0.6 is 11.8 Å². The average molecular weight is 223 g/mol. The van der Waals surface area contributed by atoms with Crippen LogP contribution in [0.5, 0.6) is 0 Å². The van der Waals surface area contributed by atoms with Gasteiger partial charge in [0.2, 0.25) is 0 Å². The first-order valence-electron chi connectivity index (χ1n) is 4.72. The molecular weight excluding hydrogens is 210 g/mol. The van der Waals surface area contributed by atoms with Gasteiger partial charge in [-0.15, -0.1) is 0 Å². The summed E-state index contributed by atoms with van der Waals surface area (Å²) in [4.78, 5) is 0. The fraction of sp³-hybridized carbons (Fsp3) is 0.300. The summed E-state index contributed by atoms with van der Waals surface area (Å²) in [6.07, 6.45) is 5.20. The lowest BCUT2D eigenvalue weighted by molar-refractivity contribution is 0.530. The van der Waals surface area contributed by atoms with Crippen molar-refractivity contribution in [3.63, 3.8) is 0 Å². The zero-order valence-corrected chi connectivity index (χ0v) is 9.11. The van der Waals surface area contributed by atoms with Crippen LogP contribution in [-0.4, -0.2) is 15.5 Å². The van der Waals surface area contributed by atoms with Crippen LogP contribution in [0.1, 0.15) is 5.76 Å². The van der Waals surface area contributed by atoms with Gasteiger partial charge in [0.1, 0.15) is 5.76 Å². The molecule has 2 N–H and O–H groups in total. The minimum Gasteiger partial charge on any atom is -0.468 e. The van der Waals surface area contributed by atoms with Gasteiger partial charge in [0, 0.05) is 11.9 Å². The summed E-state index contributed by atoms with van der Waals surface area (Å²) in [6.45, 7) is 0.878. The standard InChI is InChI=1S/C10H13N3OS/c11-9-6-12-13(7-9)3-5-15-8-10-2-1-4-14-10/h1-2,4,6-7H,3,5,8,11H2. The molecule has 4 nitrogen and oxygen atoms in total. The minimum absolute atomic E-state index is 0.714. The highest BCUT2D eigenvalue weighted by molar-refractivity contribution is 7.98. The number of aromatic nitrogens is 2. The lowest BCUT2D eigenvalue weighted by atomic mass is 10.5. The third kappa shape index (κ3) is 3.06. The number of anilines is 1. The zero-order valence-electron chi connectivity index (χ0n) is 8.30. The van der Waals surface area contributed by atoms with Gasteiger partial charge in [-0.05, 0) is 12.1 Å². The van der Waals surface area contributed by atoms with Crippen molar-refractivity contribution in [2.45, 2.75) is 12.3 Å². The van der Waals surface area contributed by atoms with Crippen molar-refractivity contribution < 1.29 is 4.42 Å². The molecule has 0 bridgehead atoms. The molecule has 2 rings (SSSR count). The summed E-state index contributed by atoms with van der Waals surface area (Å²) in [7, 11) is 0. The Hall–Kier alpha value is -1.36. The first-order chi connectivity index (χ1) is 7.34. The number of thioether (sulfide) groups is 1. The number of nitrogen functional groups attached to an aromatic ring is 1. The van der Waals surface area contributed by atoms with E-state index in [0.717, 1.165) is 23.8 Å². The van der Waals surface area contributed by atoms with Crippen molar-refractivity contribution >= 4 is 17.4 Å². The molecule has 0 aliphatic rings. The number of aryl methyl sites for hydroxylation is 1. The molecule has 2 aromatic rings. The van der Waals surface area contributed by atoms with E-state index in [-0.39, 0.29) is 0 Å². The predicted octanol–water partition coefficient (Wildman–Crippen LogP) is 1.99. The van der Waals surface area contributed by atoms with Crippen LogP contribution in [0.15, 0.2) is 35.2 Å². The molecule has 0 aliphatic heterocycles. The van der Waals surface area contributed by atoms with E-state index in [1.54, 1.807) is 12.5 Å². The molecule has 15 heavy (non-hydrogen) atoms. The molecule has 0 radical (unpaired) electrons. The molecule has 80 valence electrons. The van der Waals surface area contributed by atoms with Gasteiger partial charge in [0.05, 0.1) is 30.4 Å². The maximum Gasteiger partial charge on any atom is 0.113 e. The normalized spacial score (nSPS) is 10.7. The van der Waals surface area contributed by atoms with Crippen LogP contribution in [0.3, 0.4) is 0 Å². The van der Waals surface area contributed by atoms with Crippen LogP contribution in [0.4, 0.5) is 5.69 Å². The van der Waals surface area contributed by atoms with Gasteiger partial charge in [0.15, 0.2) is 0 Å². The van der Waals surface area contributed by atoms with Gasteiger partial charge >= 0.3 is 0 Å². The highest BCUT2D eigenvalue weighted by Gasteiger charge is 1.97. The van der Waals surface area contributed by atoms with Crippen LogP contribution < -0.4 is 5.73 Å². The Morgan fingerprint density at radius 1 is 1.53 bits per heavy atom. The molecule has 0 saturated heterocycles. The first kappa shape index (κ1) is 10.2. The van der Waals surface area contributed by atoms with Gasteiger partial charge in [-0.3, -0.25) is 4.68 Å². The topological polar surface area (TPSA) is 57.0 Å². The number of nitrogens with two attached hydrogens (primary N) is 1. The van der Waals surface area contributed by atoms with Gasteiger partial charge < -0.3 is 10.2 Å². The maximum absolute atomic E-state index is 5.55. The van der Waals surface area contributed by atoms with E-state index < -0.39 is 0 Å². The summed E-state index contributed by atoms with van der Waals surface area (Å²) in [5.41, 5.74) is 6.27. The van der Waals surface area contributed by atoms with E-state index in [4.69, 9.17) is 10.2 Å². The van der Waals surface area contributed by atoms with E-state index in [1.165, 1.54) is 0 Å². The Bertz CT molecular complexity index is 396. The van der Waals surface area contributed by atoms with Crippen LogP contribution in [-0.2, 0) is 12.3 Å². The molecule has 0 amide bonds. The van der Waals surface area contributed by atoms with Gasteiger partial charge in [-0.25, -0.2) is 0 Å². The van der Waals surface area contributed by atoms with Crippen LogP contribution in [0.2, 0.25) is 0 Å². The van der Waals surface area contributed by atoms with E-state index in [0.29, 0.717) is 5.69 Å². The number of hydrogen-bond donors (Lipinski definition) is 1. The van der Waals surface area contributed by atoms with Crippen LogP contribution in [0, 0.1) is 0 Å². The fourth-order valence-corrected chi connectivity index (χ4v) is 2.05. The zero-order chi connectivity index (χ0) is 10.5.